The van der Waals surface area contributed by atoms with Crippen molar-refractivity contribution >= 4 is 21.9 Å². The number of carbonyl (C=O) groups is 2. The Kier molecular flexibility index (Phi) is 5.25. The first kappa shape index (κ1) is 20.0. The predicted octanol–water partition coefficient (Wildman–Crippen LogP) is 2.42. The average Bonchev–Trinajstić information content (AvgIpc) is 2.95. The van der Waals surface area contributed by atoms with Gasteiger partial charge in [0.1, 0.15) is 0 Å². The van der Waals surface area contributed by atoms with Crippen LogP contribution in [0.4, 0.5) is 0 Å². The van der Waals surface area contributed by atoms with E-state index in [4.69, 9.17) is 4.74 Å². The van der Waals surface area contributed by atoms with E-state index in [0.717, 1.165) is 5.56 Å². The van der Waals surface area contributed by atoms with Crippen molar-refractivity contribution in [3.8, 4) is 0 Å². The summed E-state index contributed by atoms with van der Waals surface area (Å²) in [5, 5.41) is 0. The van der Waals surface area contributed by atoms with Gasteiger partial charge in [-0.15, -0.1) is 0 Å². The van der Waals surface area contributed by atoms with Gasteiger partial charge in [-0.1, -0.05) is 17.7 Å². The maximum atomic E-state index is 13.3. The van der Waals surface area contributed by atoms with Crippen molar-refractivity contribution < 1.29 is 22.7 Å². The molecule has 1 aromatic heterocycles. The first-order chi connectivity index (χ1) is 13.2. The van der Waals surface area contributed by atoms with E-state index >= 15 is 0 Å². The van der Waals surface area contributed by atoms with E-state index in [0.29, 0.717) is 9.87 Å². The summed E-state index contributed by atoms with van der Waals surface area (Å²) in [6, 6.07) is 9.52. The lowest BCUT2D eigenvalue weighted by molar-refractivity contribution is -0.155. The Bertz CT molecular complexity index is 989. The van der Waals surface area contributed by atoms with Gasteiger partial charge >= 0.3 is 5.97 Å². The fraction of sp³-hybridized carbons (Fsp3) is 0.350. The molecular formula is C20H22N2O5S. The van der Waals surface area contributed by atoms with E-state index < -0.39 is 33.4 Å². The summed E-state index contributed by atoms with van der Waals surface area (Å²) in [6.07, 6.45) is 2.97. The number of hydrogen-bond donors (Lipinski definition) is 0. The standard InChI is InChI=1S/C20H22N2O5S/c1-4-27-19(24)20(3)17(15-9-11-21-12-10-15)13-18(23)22(20)28(25,26)16-7-5-14(2)6-8-16/h5-12,17H,4,13H2,1-3H3/t17-,20+/m1/s1. The highest BCUT2D eigenvalue weighted by Crippen LogP contribution is 2.46. The number of ether oxygens (including phenoxy) is 1. The molecule has 3 rings (SSSR count). The van der Waals surface area contributed by atoms with E-state index in [1.165, 1.54) is 19.1 Å². The van der Waals surface area contributed by atoms with Crippen LogP contribution in [0.3, 0.4) is 0 Å². The lowest BCUT2D eigenvalue weighted by atomic mass is 9.82. The van der Waals surface area contributed by atoms with Gasteiger partial charge in [0.2, 0.25) is 5.91 Å². The van der Waals surface area contributed by atoms with Gasteiger partial charge in [0.05, 0.1) is 11.5 Å². The van der Waals surface area contributed by atoms with Gasteiger partial charge < -0.3 is 4.74 Å². The third kappa shape index (κ3) is 3.17. The molecule has 0 bridgehead atoms. The first-order valence-corrected chi connectivity index (χ1v) is 10.4. The zero-order valence-corrected chi connectivity index (χ0v) is 16.8. The summed E-state index contributed by atoms with van der Waals surface area (Å²) in [6.45, 7) is 4.99. The largest absolute Gasteiger partial charge is 0.464 e. The summed E-state index contributed by atoms with van der Waals surface area (Å²) in [7, 11) is -4.25. The molecule has 2 aromatic rings. The number of nitrogens with zero attached hydrogens (tertiary/aromatic N) is 2. The van der Waals surface area contributed by atoms with Gasteiger partial charge in [0.25, 0.3) is 10.0 Å². The van der Waals surface area contributed by atoms with Crippen LogP contribution in [0.5, 0.6) is 0 Å². The lowest BCUT2D eigenvalue weighted by Gasteiger charge is -2.36. The Morgan fingerprint density at radius 1 is 1.21 bits per heavy atom. The number of benzene rings is 1. The van der Waals surface area contributed by atoms with Gasteiger partial charge in [-0.25, -0.2) is 17.5 Å². The van der Waals surface area contributed by atoms with Crippen molar-refractivity contribution in [3.05, 3.63) is 59.9 Å². The van der Waals surface area contributed by atoms with Crippen molar-refractivity contribution in [2.45, 2.75) is 43.5 Å². The Hall–Kier alpha value is -2.74. The SMILES string of the molecule is CCOC(=O)[C@]1(C)[C@@H](c2ccncc2)CC(=O)N1S(=O)(=O)c1ccc(C)cc1. The molecule has 1 amide bonds. The number of esters is 1. The summed E-state index contributed by atoms with van der Waals surface area (Å²) in [5.41, 5.74) is -0.159. The molecule has 148 valence electrons. The average molecular weight is 402 g/mol. The van der Waals surface area contributed by atoms with Gasteiger partial charge in [0, 0.05) is 24.7 Å². The van der Waals surface area contributed by atoms with Crippen LogP contribution in [0.25, 0.3) is 0 Å². The van der Waals surface area contributed by atoms with Gasteiger partial charge in [0.15, 0.2) is 5.54 Å². The molecule has 2 atom stereocenters. The van der Waals surface area contributed by atoms with Crippen LogP contribution >= 0.6 is 0 Å². The third-order valence-corrected chi connectivity index (χ3v) is 6.99. The molecule has 7 nitrogen and oxygen atoms in total. The highest BCUT2D eigenvalue weighted by atomic mass is 32.2. The second kappa shape index (κ2) is 7.35. The fourth-order valence-corrected chi connectivity index (χ4v) is 5.33. The number of aromatic nitrogens is 1. The van der Waals surface area contributed by atoms with Crippen LogP contribution in [0.15, 0.2) is 53.7 Å². The molecule has 1 aliphatic rings. The summed E-state index contributed by atoms with van der Waals surface area (Å²) >= 11 is 0. The number of hydrogen-bond acceptors (Lipinski definition) is 6. The Labute approximate surface area is 164 Å². The minimum Gasteiger partial charge on any atom is -0.464 e. The molecular weight excluding hydrogens is 380 g/mol. The number of aryl methyl sites for hydroxylation is 1. The van der Waals surface area contributed by atoms with Crippen LogP contribution < -0.4 is 0 Å². The molecule has 0 saturated carbocycles. The molecule has 1 saturated heterocycles. The normalized spacial score (nSPS) is 22.3. The minimum absolute atomic E-state index is 0.0441. The maximum absolute atomic E-state index is 13.3. The van der Waals surface area contributed by atoms with Crippen molar-refractivity contribution in [1.82, 2.24) is 9.29 Å². The second-order valence-electron chi connectivity index (χ2n) is 6.88. The van der Waals surface area contributed by atoms with E-state index in [2.05, 4.69) is 4.98 Å². The molecule has 0 radical (unpaired) electrons. The summed E-state index contributed by atoms with van der Waals surface area (Å²) in [5.74, 6) is -2.07. The van der Waals surface area contributed by atoms with E-state index in [1.54, 1.807) is 43.6 Å². The monoisotopic (exact) mass is 402 g/mol. The zero-order valence-electron chi connectivity index (χ0n) is 16.0. The van der Waals surface area contributed by atoms with Crippen molar-refractivity contribution in [2.24, 2.45) is 0 Å². The predicted molar refractivity (Wildman–Crippen MR) is 102 cm³/mol. The molecule has 0 N–H and O–H groups in total. The summed E-state index contributed by atoms with van der Waals surface area (Å²) in [4.78, 5) is 29.7. The number of sulfonamides is 1. The molecule has 28 heavy (non-hydrogen) atoms. The molecule has 2 heterocycles. The quantitative estimate of drug-likeness (QED) is 0.713. The van der Waals surface area contributed by atoms with Gasteiger partial charge in [-0.3, -0.25) is 9.78 Å². The first-order valence-electron chi connectivity index (χ1n) is 8.95. The fourth-order valence-electron chi connectivity index (χ4n) is 3.60. The van der Waals surface area contributed by atoms with Crippen molar-refractivity contribution in [3.63, 3.8) is 0 Å². The molecule has 1 fully saturated rings. The molecule has 8 heteroatoms. The smallest absolute Gasteiger partial charge is 0.333 e. The van der Waals surface area contributed by atoms with Crippen LogP contribution in [-0.2, 0) is 24.3 Å². The van der Waals surface area contributed by atoms with E-state index in [-0.39, 0.29) is 17.9 Å². The summed E-state index contributed by atoms with van der Waals surface area (Å²) < 4.78 is 32.6. The molecule has 0 unspecified atom stereocenters. The highest BCUT2D eigenvalue weighted by Gasteiger charge is 2.60. The lowest BCUT2D eigenvalue weighted by Crippen LogP contribution is -2.55. The number of rotatable bonds is 5. The van der Waals surface area contributed by atoms with Crippen LogP contribution in [0.1, 0.15) is 37.3 Å². The minimum atomic E-state index is -4.25. The molecule has 0 spiro atoms. The number of amides is 1. The molecule has 0 aliphatic carbocycles. The maximum Gasteiger partial charge on any atom is 0.333 e. The number of pyridine rings is 1. The van der Waals surface area contributed by atoms with Crippen LogP contribution in [-0.4, -0.2) is 41.7 Å². The molecule has 1 aromatic carbocycles. The van der Waals surface area contributed by atoms with Crippen molar-refractivity contribution in [2.75, 3.05) is 6.61 Å². The van der Waals surface area contributed by atoms with Crippen LogP contribution in [0.2, 0.25) is 0 Å². The van der Waals surface area contributed by atoms with Gasteiger partial charge in [-0.2, -0.15) is 0 Å². The topological polar surface area (TPSA) is 93.6 Å². The Morgan fingerprint density at radius 2 is 1.82 bits per heavy atom. The third-order valence-electron chi connectivity index (χ3n) is 5.06. The van der Waals surface area contributed by atoms with Gasteiger partial charge in [-0.05, 0) is 50.6 Å². The Balaban J connectivity index is 2.16. The van der Waals surface area contributed by atoms with Crippen molar-refractivity contribution in [1.29, 1.82) is 0 Å². The molecule has 1 aliphatic heterocycles. The highest BCUT2D eigenvalue weighted by molar-refractivity contribution is 7.89. The zero-order chi connectivity index (χ0) is 20.5. The van der Waals surface area contributed by atoms with Crippen LogP contribution in [0, 0.1) is 6.92 Å². The van der Waals surface area contributed by atoms with E-state index in [1.807, 2.05) is 6.92 Å². The second-order valence-corrected chi connectivity index (χ2v) is 8.67. The van der Waals surface area contributed by atoms with E-state index in [9.17, 15) is 18.0 Å². The number of carbonyl (C=O) groups excluding carboxylic acids is 2. The Morgan fingerprint density at radius 3 is 2.39 bits per heavy atom.